The second-order valence-electron chi connectivity index (χ2n) is 7.82. The first-order chi connectivity index (χ1) is 18.6. The van der Waals surface area contributed by atoms with Crippen LogP contribution in [0.15, 0.2) is 71.0 Å². The number of hydrogen-bond acceptors (Lipinski definition) is 11. The topological polar surface area (TPSA) is 128 Å². The first kappa shape index (κ1) is 25.0. The Balaban J connectivity index is 1.49. The number of aromatic nitrogens is 5. The zero-order valence-electron chi connectivity index (χ0n) is 21.1. The normalized spacial score (nSPS) is 10.7. The summed E-state index contributed by atoms with van der Waals surface area (Å²) < 4.78 is 21.5. The van der Waals surface area contributed by atoms with E-state index >= 15 is 0 Å². The highest BCUT2D eigenvalue weighted by molar-refractivity contribution is 7.99. The molecule has 38 heavy (non-hydrogen) atoms. The summed E-state index contributed by atoms with van der Waals surface area (Å²) in [5, 5.41) is 7.54. The van der Waals surface area contributed by atoms with Gasteiger partial charge < -0.3 is 34.6 Å². The number of aromatic amines is 1. The quantitative estimate of drug-likeness (QED) is 0.214. The SMILES string of the molecule is COc1ccc(Nc2nc(Nc3ccc(OC)c(OC)c3)nc(Sc3nc4ccccc4[nH]3)n2)cc1OC. The van der Waals surface area contributed by atoms with Crippen molar-refractivity contribution in [3.8, 4) is 23.0 Å². The van der Waals surface area contributed by atoms with Crippen LogP contribution in [0.2, 0.25) is 0 Å². The highest BCUT2D eigenvalue weighted by atomic mass is 32.2. The molecule has 3 N–H and O–H groups in total. The molecule has 0 radical (unpaired) electrons. The predicted octanol–water partition coefficient (Wildman–Crippen LogP) is 5.42. The highest BCUT2D eigenvalue weighted by Gasteiger charge is 2.14. The van der Waals surface area contributed by atoms with Crippen molar-refractivity contribution in [3.05, 3.63) is 60.7 Å². The van der Waals surface area contributed by atoms with E-state index < -0.39 is 0 Å². The number of anilines is 4. The minimum atomic E-state index is 0.328. The van der Waals surface area contributed by atoms with Gasteiger partial charge in [0.25, 0.3) is 0 Å². The van der Waals surface area contributed by atoms with Crippen molar-refractivity contribution in [2.24, 2.45) is 0 Å². The standard InChI is InChI=1S/C26H25N7O4S/c1-34-19-11-9-15(13-21(19)36-3)27-23-31-24(28-16-10-12-20(35-2)22(14-16)37-4)33-26(32-23)38-25-29-17-7-5-6-8-18(17)30-25/h5-14H,1-4H3,(H,29,30)(H2,27,28,31,32,33). The first-order valence-electron chi connectivity index (χ1n) is 11.5. The number of nitrogens with one attached hydrogen (secondary N) is 3. The smallest absolute Gasteiger partial charge is 0.233 e. The van der Waals surface area contributed by atoms with E-state index in [1.165, 1.54) is 11.8 Å². The molecule has 0 aliphatic rings. The lowest BCUT2D eigenvalue weighted by atomic mass is 10.2. The molecule has 0 saturated heterocycles. The number of nitrogens with zero attached hydrogens (tertiary/aromatic N) is 4. The zero-order chi connectivity index (χ0) is 26.5. The van der Waals surface area contributed by atoms with Crippen LogP contribution in [0.3, 0.4) is 0 Å². The first-order valence-corrected chi connectivity index (χ1v) is 12.3. The number of ether oxygens (including phenoxy) is 4. The monoisotopic (exact) mass is 531 g/mol. The molecule has 2 aromatic heterocycles. The van der Waals surface area contributed by atoms with Gasteiger partial charge in [0.2, 0.25) is 17.1 Å². The second-order valence-corrected chi connectivity index (χ2v) is 8.77. The fourth-order valence-corrected chi connectivity index (χ4v) is 4.41. The molecule has 0 atom stereocenters. The molecular weight excluding hydrogens is 506 g/mol. The molecule has 0 amide bonds. The van der Waals surface area contributed by atoms with E-state index in [1.54, 1.807) is 52.7 Å². The summed E-state index contributed by atoms with van der Waals surface area (Å²) in [5.74, 6) is 3.04. The maximum absolute atomic E-state index is 5.42. The molecule has 2 heterocycles. The van der Waals surface area contributed by atoms with E-state index in [0.29, 0.717) is 56.6 Å². The highest BCUT2D eigenvalue weighted by Crippen LogP contribution is 2.33. The van der Waals surface area contributed by atoms with E-state index in [9.17, 15) is 0 Å². The summed E-state index contributed by atoms with van der Waals surface area (Å²) in [6, 6.07) is 18.7. The molecule has 194 valence electrons. The molecule has 0 fully saturated rings. The Bertz CT molecular complexity index is 1470. The Labute approximate surface area is 223 Å². The third kappa shape index (κ3) is 5.49. The van der Waals surface area contributed by atoms with E-state index in [2.05, 4.69) is 35.6 Å². The molecule has 0 aliphatic carbocycles. The summed E-state index contributed by atoms with van der Waals surface area (Å²) in [6.07, 6.45) is 0. The number of methoxy groups -OCH3 is 4. The lowest BCUT2D eigenvalue weighted by Gasteiger charge is -2.13. The van der Waals surface area contributed by atoms with Gasteiger partial charge in [0.1, 0.15) is 0 Å². The number of hydrogen-bond donors (Lipinski definition) is 3. The predicted molar refractivity (Wildman–Crippen MR) is 146 cm³/mol. The molecule has 11 nitrogen and oxygen atoms in total. The Morgan fingerprint density at radius 2 is 1.18 bits per heavy atom. The number of rotatable bonds is 10. The van der Waals surface area contributed by atoms with Crippen molar-refractivity contribution < 1.29 is 18.9 Å². The van der Waals surface area contributed by atoms with Gasteiger partial charge in [0.05, 0.1) is 39.5 Å². The maximum Gasteiger partial charge on any atom is 0.233 e. The van der Waals surface area contributed by atoms with Crippen molar-refractivity contribution in [3.63, 3.8) is 0 Å². The van der Waals surface area contributed by atoms with E-state index in [4.69, 9.17) is 18.9 Å². The average molecular weight is 532 g/mol. The van der Waals surface area contributed by atoms with Crippen LogP contribution in [0, 0.1) is 0 Å². The van der Waals surface area contributed by atoms with Gasteiger partial charge in [-0.1, -0.05) is 12.1 Å². The molecule has 0 bridgehead atoms. The molecular formula is C26H25N7O4S. The Kier molecular flexibility index (Phi) is 7.31. The van der Waals surface area contributed by atoms with Crippen molar-refractivity contribution in [1.82, 2.24) is 24.9 Å². The number of benzene rings is 3. The molecule has 5 aromatic rings. The van der Waals surface area contributed by atoms with Crippen molar-refractivity contribution in [2.75, 3.05) is 39.1 Å². The van der Waals surface area contributed by atoms with Crippen LogP contribution >= 0.6 is 11.8 Å². The molecule has 12 heteroatoms. The van der Waals surface area contributed by atoms with Crippen LogP contribution in [-0.2, 0) is 0 Å². The second kappa shape index (κ2) is 11.1. The van der Waals surface area contributed by atoms with Gasteiger partial charge >= 0.3 is 0 Å². The number of para-hydroxylation sites is 2. The summed E-state index contributed by atoms with van der Waals surface area (Å²) >= 11 is 1.29. The van der Waals surface area contributed by atoms with E-state index in [1.807, 2.05) is 36.4 Å². The van der Waals surface area contributed by atoms with Crippen LogP contribution in [0.1, 0.15) is 0 Å². The number of H-pyrrole nitrogens is 1. The van der Waals surface area contributed by atoms with Crippen LogP contribution in [0.5, 0.6) is 23.0 Å². The summed E-state index contributed by atoms with van der Waals surface area (Å²) in [6.45, 7) is 0. The number of imidazole rings is 1. The summed E-state index contributed by atoms with van der Waals surface area (Å²) in [5.41, 5.74) is 3.21. The van der Waals surface area contributed by atoms with Gasteiger partial charge in [-0.15, -0.1) is 0 Å². The van der Waals surface area contributed by atoms with Crippen LogP contribution in [0.25, 0.3) is 11.0 Å². The largest absolute Gasteiger partial charge is 0.493 e. The minimum absolute atomic E-state index is 0.328. The van der Waals surface area contributed by atoms with Gasteiger partial charge in [-0.25, -0.2) is 4.98 Å². The number of fused-ring (bicyclic) bond motifs is 1. The van der Waals surface area contributed by atoms with Crippen molar-refractivity contribution in [1.29, 1.82) is 0 Å². The van der Waals surface area contributed by atoms with Crippen LogP contribution in [0.4, 0.5) is 23.3 Å². The van der Waals surface area contributed by atoms with Crippen LogP contribution < -0.4 is 29.6 Å². The van der Waals surface area contributed by atoms with E-state index in [0.717, 1.165) is 11.0 Å². The van der Waals surface area contributed by atoms with Gasteiger partial charge in [-0.2, -0.15) is 15.0 Å². The van der Waals surface area contributed by atoms with Gasteiger partial charge in [-0.3, -0.25) is 0 Å². The molecule has 0 unspecified atom stereocenters. The molecule has 5 rings (SSSR count). The average Bonchev–Trinajstić information content (AvgIpc) is 3.35. The summed E-state index contributed by atoms with van der Waals surface area (Å²) in [4.78, 5) is 21.7. The molecule has 0 spiro atoms. The van der Waals surface area contributed by atoms with Gasteiger partial charge in [0.15, 0.2) is 28.2 Å². The fourth-order valence-electron chi connectivity index (χ4n) is 3.66. The van der Waals surface area contributed by atoms with Gasteiger partial charge in [-0.05, 0) is 48.2 Å². The minimum Gasteiger partial charge on any atom is -0.493 e. The molecule has 3 aromatic carbocycles. The maximum atomic E-state index is 5.42. The fraction of sp³-hybridized carbons (Fsp3) is 0.154. The lowest BCUT2D eigenvalue weighted by molar-refractivity contribution is 0.355. The molecule has 0 aliphatic heterocycles. The lowest BCUT2D eigenvalue weighted by Crippen LogP contribution is -2.05. The van der Waals surface area contributed by atoms with E-state index in [-0.39, 0.29) is 0 Å². The third-order valence-corrected chi connectivity index (χ3v) is 6.20. The van der Waals surface area contributed by atoms with Crippen LogP contribution in [-0.4, -0.2) is 53.4 Å². The Hall–Kier alpha value is -4.71. The van der Waals surface area contributed by atoms with Crippen molar-refractivity contribution >= 4 is 46.1 Å². The van der Waals surface area contributed by atoms with Crippen molar-refractivity contribution in [2.45, 2.75) is 10.3 Å². The third-order valence-electron chi connectivity index (χ3n) is 5.45. The van der Waals surface area contributed by atoms with Gasteiger partial charge in [0, 0.05) is 23.5 Å². The zero-order valence-corrected chi connectivity index (χ0v) is 21.9. The summed E-state index contributed by atoms with van der Waals surface area (Å²) in [7, 11) is 6.34. The molecule has 0 saturated carbocycles. The Morgan fingerprint density at radius 3 is 1.71 bits per heavy atom. The Morgan fingerprint density at radius 1 is 0.632 bits per heavy atom.